The molecule has 0 aliphatic heterocycles. The molecule has 0 aromatic heterocycles. The number of rotatable bonds is 2. The second-order valence-electron chi connectivity index (χ2n) is 5.18. The summed E-state index contributed by atoms with van der Waals surface area (Å²) >= 11 is 0. The predicted molar refractivity (Wildman–Crippen MR) is 57.0 cm³/mol. The van der Waals surface area contributed by atoms with Crippen LogP contribution in [0.4, 0.5) is 0 Å². The van der Waals surface area contributed by atoms with E-state index in [2.05, 4.69) is 10.3 Å². The molecule has 3 aliphatic rings. The highest BCUT2D eigenvalue weighted by Gasteiger charge is 2.39. The molecule has 0 aromatic carbocycles. The van der Waals surface area contributed by atoms with E-state index in [9.17, 15) is 0 Å². The summed E-state index contributed by atoms with van der Waals surface area (Å²) in [6.07, 6.45) is 8.06. The highest BCUT2D eigenvalue weighted by Crippen LogP contribution is 2.45. The van der Waals surface area contributed by atoms with Crippen LogP contribution < -0.4 is 11.1 Å². The van der Waals surface area contributed by atoms with Crippen LogP contribution in [0.3, 0.4) is 0 Å². The molecule has 78 valence electrons. The van der Waals surface area contributed by atoms with Crippen molar-refractivity contribution < 1.29 is 0 Å². The van der Waals surface area contributed by atoms with Gasteiger partial charge in [0.2, 0.25) is 0 Å². The van der Waals surface area contributed by atoms with Crippen molar-refractivity contribution in [2.45, 2.75) is 50.6 Å². The molecule has 3 aliphatic carbocycles. The molecule has 3 heteroatoms. The highest BCUT2D eigenvalue weighted by molar-refractivity contribution is 5.78. The van der Waals surface area contributed by atoms with Crippen molar-refractivity contribution >= 4 is 5.96 Å². The minimum absolute atomic E-state index is 0.542. The Labute approximate surface area is 85.2 Å². The fourth-order valence-electron chi connectivity index (χ4n) is 3.02. The van der Waals surface area contributed by atoms with Crippen LogP contribution in [-0.2, 0) is 0 Å². The van der Waals surface area contributed by atoms with Crippen molar-refractivity contribution in [3.63, 3.8) is 0 Å². The molecule has 0 radical (unpaired) electrons. The molecular weight excluding hydrogens is 174 g/mol. The Morgan fingerprint density at radius 3 is 2.57 bits per heavy atom. The molecule has 3 atom stereocenters. The van der Waals surface area contributed by atoms with E-state index in [1.807, 2.05) is 0 Å². The maximum absolute atomic E-state index is 5.87. The van der Waals surface area contributed by atoms with E-state index in [1.165, 1.54) is 38.5 Å². The van der Waals surface area contributed by atoms with E-state index in [-0.39, 0.29) is 0 Å². The quantitative estimate of drug-likeness (QED) is 0.512. The van der Waals surface area contributed by atoms with Crippen LogP contribution in [-0.4, -0.2) is 18.0 Å². The molecular formula is C11H19N3. The Balaban J connectivity index is 1.59. The van der Waals surface area contributed by atoms with Gasteiger partial charge >= 0.3 is 0 Å². The Morgan fingerprint density at radius 1 is 1.14 bits per heavy atom. The maximum atomic E-state index is 5.87. The molecule has 3 fully saturated rings. The summed E-state index contributed by atoms with van der Waals surface area (Å²) in [5, 5.41) is 3.27. The van der Waals surface area contributed by atoms with Gasteiger partial charge in [0.1, 0.15) is 0 Å². The third-order valence-corrected chi connectivity index (χ3v) is 3.94. The highest BCUT2D eigenvalue weighted by atomic mass is 15.1. The third-order valence-electron chi connectivity index (χ3n) is 3.94. The van der Waals surface area contributed by atoms with Gasteiger partial charge in [0, 0.05) is 6.04 Å². The van der Waals surface area contributed by atoms with E-state index < -0.39 is 0 Å². The van der Waals surface area contributed by atoms with Crippen LogP contribution in [0.25, 0.3) is 0 Å². The van der Waals surface area contributed by atoms with Gasteiger partial charge in [-0.1, -0.05) is 6.42 Å². The first kappa shape index (κ1) is 8.57. The maximum Gasteiger partial charge on any atom is 0.189 e. The lowest BCUT2D eigenvalue weighted by atomic mass is 9.96. The van der Waals surface area contributed by atoms with E-state index in [1.54, 1.807) is 0 Å². The number of aliphatic imine (C=N–C) groups is 1. The van der Waals surface area contributed by atoms with Crippen LogP contribution in [0.15, 0.2) is 4.99 Å². The zero-order chi connectivity index (χ0) is 9.54. The number of nitrogens with one attached hydrogen (secondary N) is 1. The molecule has 0 spiro atoms. The minimum atomic E-state index is 0.542. The monoisotopic (exact) mass is 193 g/mol. The standard InChI is InChI=1S/C11H19N3/c12-11(13-9-3-4-9)14-10-6-7-1-2-8(10)5-7/h7-10H,1-6H2,(H3,12,13,14). The van der Waals surface area contributed by atoms with Gasteiger partial charge < -0.3 is 11.1 Å². The van der Waals surface area contributed by atoms with Crippen LogP contribution in [0.5, 0.6) is 0 Å². The molecule has 3 nitrogen and oxygen atoms in total. The van der Waals surface area contributed by atoms with Gasteiger partial charge in [0.25, 0.3) is 0 Å². The molecule has 0 amide bonds. The van der Waals surface area contributed by atoms with Gasteiger partial charge in [-0.05, 0) is 43.9 Å². The summed E-state index contributed by atoms with van der Waals surface area (Å²) in [5.74, 6) is 2.51. The summed E-state index contributed by atoms with van der Waals surface area (Å²) in [7, 11) is 0. The number of nitrogens with zero attached hydrogens (tertiary/aromatic N) is 1. The average molecular weight is 193 g/mol. The lowest BCUT2D eigenvalue weighted by Gasteiger charge is -2.18. The minimum Gasteiger partial charge on any atom is -0.370 e. The zero-order valence-corrected chi connectivity index (χ0v) is 8.58. The lowest BCUT2D eigenvalue weighted by molar-refractivity contribution is 0.419. The number of hydrogen-bond donors (Lipinski definition) is 2. The number of fused-ring (bicyclic) bond motifs is 2. The molecule has 0 heterocycles. The topological polar surface area (TPSA) is 50.4 Å². The van der Waals surface area contributed by atoms with Gasteiger partial charge in [-0.2, -0.15) is 0 Å². The summed E-state index contributed by atoms with van der Waals surface area (Å²) in [6, 6.07) is 1.18. The van der Waals surface area contributed by atoms with Crippen molar-refractivity contribution in [3.05, 3.63) is 0 Å². The molecule has 3 saturated carbocycles. The van der Waals surface area contributed by atoms with E-state index in [0.717, 1.165) is 11.8 Å². The predicted octanol–water partition coefficient (Wildman–Crippen LogP) is 1.24. The van der Waals surface area contributed by atoms with Crippen LogP contribution in [0.1, 0.15) is 38.5 Å². The SMILES string of the molecule is NC(=NC1CC2CCC1C2)NC1CC1. The number of guanidine groups is 1. The molecule has 2 bridgehead atoms. The van der Waals surface area contributed by atoms with Crippen molar-refractivity contribution in [2.24, 2.45) is 22.6 Å². The number of hydrogen-bond acceptors (Lipinski definition) is 1. The van der Waals surface area contributed by atoms with Crippen LogP contribution in [0.2, 0.25) is 0 Å². The Kier molecular flexibility index (Phi) is 1.92. The fourth-order valence-corrected chi connectivity index (χ4v) is 3.02. The van der Waals surface area contributed by atoms with Gasteiger partial charge in [0.15, 0.2) is 5.96 Å². The number of nitrogens with two attached hydrogens (primary N) is 1. The van der Waals surface area contributed by atoms with E-state index >= 15 is 0 Å². The Bertz CT molecular complexity index is 257. The average Bonchev–Trinajstić information content (AvgIpc) is 2.74. The molecule has 0 aromatic rings. The van der Waals surface area contributed by atoms with Crippen molar-refractivity contribution in [1.29, 1.82) is 0 Å². The molecule has 0 saturated heterocycles. The smallest absolute Gasteiger partial charge is 0.189 e. The molecule has 3 rings (SSSR count). The zero-order valence-electron chi connectivity index (χ0n) is 8.58. The molecule has 3 N–H and O–H groups in total. The van der Waals surface area contributed by atoms with Gasteiger partial charge in [-0.25, -0.2) is 4.99 Å². The van der Waals surface area contributed by atoms with Crippen molar-refractivity contribution in [2.75, 3.05) is 0 Å². The Hall–Kier alpha value is -0.730. The lowest BCUT2D eigenvalue weighted by Crippen LogP contribution is -2.35. The van der Waals surface area contributed by atoms with Crippen LogP contribution >= 0.6 is 0 Å². The van der Waals surface area contributed by atoms with Crippen molar-refractivity contribution in [3.8, 4) is 0 Å². The van der Waals surface area contributed by atoms with Crippen LogP contribution in [0, 0.1) is 11.8 Å². The molecule has 14 heavy (non-hydrogen) atoms. The largest absolute Gasteiger partial charge is 0.370 e. The third kappa shape index (κ3) is 1.60. The van der Waals surface area contributed by atoms with Gasteiger partial charge in [-0.15, -0.1) is 0 Å². The first-order valence-electron chi connectivity index (χ1n) is 5.91. The second-order valence-corrected chi connectivity index (χ2v) is 5.18. The van der Waals surface area contributed by atoms with E-state index in [4.69, 9.17) is 5.73 Å². The fraction of sp³-hybridized carbons (Fsp3) is 0.909. The first-order valence-corrected chi connectivity index (χ1v) is 5.91. The van der Waals surface area contributed by atoms with Gasteiger partial charge in [-0.3, -0.25) is 0 Å². The normalized spacial score (nSPS) is 41.7. The van der Waals surface area contributed by atoms with Gasteiger partial charge in [0.05, 0.1) is 6.04 Å². The summed E-state index contributed by atoms with van der Waals surface area (Å²) in [5.41, 5.74) is 5.87. The summed E-state index contributed by atoms with van der Waals surface area (Å²) < 4.78 is 0. The summed E-state index contributed by atoms with van der Waals surface area (Å²) in [4.78, 5) is 4.62. The second kappa shape index (κ2) is 3.14. The molecule has 3 unspecified atom stereocenters. The first-order chi connectivity index (χ1) is 6.81. The van der Waals surface area contributed by atoms with Crippen molar-refractivity contribution in [1.82, 2.24) is 5.32 Å². The Morgan fingerprint density at radius 2 is 2.00 bits per heavy atom. The summed E-state index contributed by atoms with van der Waals surface area (Å²) in [6.45, 7) is 0. The van der Waals surface area contributed by atoms with E-state index in [0.29, 0.717) is 18.0 Å².